The molecule has 0 atom stereocenters. The van der Waals surface area contributed by atoms with E-state index in [1.54, 1.807) is 0 Å². The standard InChI is InChI=1S/C16H30N2O2/c1-15(2,17-10-12-20-13-11-17)7-8-16(3,4)18-9-5-6-14(18)19/h5-13H2,1-4H3. The largest absolute Gasteiger partial charge is 0.379 e. The van der Waals surface area contributed by atoms with Crippen molar-refractivity contribution in [2.24, 2.45) is 0 Å². The first kappa shape index (κ1) is 15.8. The topological polar surface area (TPSA) is 32.8 Å². The average Bonchev–Trinajstić information content (AvgIpc) is 2.85. The summed E-state index contributed by atoms with van der Waals surface area (Å²) in [4.78, 5) is 16.6. The van der Waals surface area contributed by atoms with E-state index in [2.05, 4.69) is 37.5 Å². The van der Waals surface area contributed by atoms with Gasteiger partial charge in [-0.15, -0.1) is 0 Å². The first-order valence-electron chi connectivity index (χ1n) is 7.96. The van der Waals surface area contributed by atoms with E-state index in [1.807, 2.05) is 0 Å². The monoisotopic (exact) mass is 282 g/mol. The summed E-state index contributed by atoms with van der Waals surface area (Å²) in [5.74, 6) is 0.333. The molecule has 0 aromatic rings. The van der Waals surface area contributed by atoms with Crippen LogP contribution in [0, 0.1) is 0 Å². The molecule has 0 bridgehead atoms. The zero-order valence-electron chi connectivity index (χ0n) is 13.6. The highest BCUT2D eigenvalue weighted by atomic mass is 16.5. The molecule has 0 unspecified atom stereocenters. The molecule has 2 aliphatic heterocycles. The highest BCUT2D eigenvalue weighted by Gasteiger charge is 2.36. The van der Waals surface area contributed by atoms with Crippen molar-refractivity contribution in [1.29, 1.82) is 0 Å². The average molecular weight is 282 g/mol. The lowest BCUT2D eigenvalue weighted by atomic mass is 9.87. The number of hydrogen-bond acceptors (Lipinski definition) is 3. The summed E-state index contributed by atoms with van der Waals surface area (Å²) >= 11 is 0. The fraction of sp³-hybridized carbons (Fsp3) is 0.938. The molecule has 0 aromatic heterocycles. The number of hydrogen-bond donors (Lipinski definition) is 0. The van der Waals surface area contributed by atoms with Crippen LogP contribution in [0.3, 0.4) is 0 Å². The number of ether oxygens (including phenoxy) is 1. The molecule has 0 saturated carbocycles. The van der Waals surface area contributed by atoms with Gasteiger partial charge in [0.25, 0.3) is 0 Å². The van der Waals surface area contributed by atoms with Gasteiger partial charge < -0.3 is 9.64 Å². The fourth-order valence-corrected chi connectivity index (χ4v) is 3.36. The Bertz CT molecular complexity index is 346. The molecular weight excluding hydrogens is 252 g/mol. The highest BCUT2D eigenvalue weighted by molar-refractivity contribution is 5.78. The van der Waals surface area contributed by atoms with Gasteiger partial charge in [0.1, 0.15) is 0 Å². The van der Waals surface area contributed by atoms with Crippen molar-refractivity contribution < 1.29 is 9.53 Å². The molecule has 1 amide bonds. The van der Waals surface area contributed by atoms with Crippen LogP contribution < -0.4 is 0 Å². The van der Waals surface area contributed by atoms with Crippen molar-refractivity contribution in [2.75, 3.05) is 32.8 Å². The molecular formula is C16H30N2O2. The Morgan fingerprint density at radius 2 is 1.60 bits per heavy atom. The van der Waals surface area contributed by atoms with Crippen LogP contribution in [0.15, 0.2) is 0 Å². The number of amides is 1. The minimum atomic E-state index is -0.0167. The van der Waals surface area contributed by atoms with Gasteiger partial charge in [0.15, 0.2) is 0 Å². The lowest BCUT2D eigenvalue weighted by Gasteiger charge is -2.44. The van der Waals surface area contributed by atoms with Crippen molar-refractivity contribution in [2.45, 2.75) is 64.5 Å². The molecule has 2 heterocycles. The van der Waals surface area contributed by atoms with Gasteiger partial charge in [-0.25, -0.2) is 0 Å². The zero-order chi connectivity index (χ0) is 14.8. The minimum Gasteiger partial charge on any atom is -0.379 e. The SMILES string of the molecule is CC(C)(CCC(C)(C)N1CCCC1=O)N1CCOCC1. The van der Waals surface area contributed by atoms with Crippen LogP contribution in [0.2, 0.25) is 0 Å². The van der Waals surface area contributed by atoms with Crippen molar-refractivity contribution in [3.8, 4) is 0 Å². The first-order valence-corrected chi connectivity index (χ1v) is 7.96. The van der Waals surface area contributed by atoms with E-state index in [0.717, 1.165) is 58.5 Å². The molecule has 2 saturated heterocycles. The van der Waals surface area contributed by atoms with Gasteiger partial charge in [-0.2, -0.15) is 0 Å². The zero-order valence-corrected chi connectivity index (χ0v) is 13.6. The van der Waals surface area contributed by atoms with Gasteiger partial charge in [-0.3, -0.25) is 9.69 Å². The Labute approximate surface area is 123 Å². The summed E-state index contributed by atoms with van der Waals surface area (Å²) in [7, 11) is 0. The third kappa shape index (κ3) is 3.53. The summed E-state index contributed by atoms with van der Waals surface area (Å²) < 4.78 is 5.44. The van der Waals surface area contributed by atoms with Crippen LogP contribution in [0.5, 0.6) is 0 Å². The van der Waals surface area contributed by atoms with Gasteiger partial charge in [-0.1, -0.05) is 0 Å². The van der Waals surface area contributed by atoms with Crippen LogP contribution in [-0.2, 0) is 9.53 Å². The Morgan fingerprint density at radius 1 is 1.00 bits per heavy atom. The molecule has 0 radical (unpaired) electrons. The Balaban J connectivity index is 1.90. The number of carbonyl (C=O) groups is 1. The maximum absolute atomic E-state index is 11.9. The quantitative estimate of drug-likeness (QED) is 0.775. The molecule has 20 heavy (non-hydrogen) atoms. The second-order valence-corrected chi connectivity index (χ2v) is 7.37. The molecule has 0 N–H and O–H groups in total. The van der Waals surface area contributed by atoms with Crippen LogP contribution in [0.1, 0.15) is 53.4 Å². The maximum Gasteiger partial charge on any atom is 0.223 e. The normalized spacial score (nSPS) is 22.6. The third-order valence-corrected chi connectivity index (χ3v) is 5.02. The van der Waals surface area contributed by atoms with Crippen LogP contribution in [-0.4, -0.2) is 59.6 Å². The summed E-state index contributed by atoms with van der Waals surface area (Å²) in [5, 5.41) is 0. The second kappa shape index (κ2) is 6.02. The van der Waals surface area contributed by atoms with Crippen molar-refractivity contribution in [3.05, 3.63) is 0 Å². The molecule has 2 aliphatic rings. The number of nitrogens with zero attached hydrogens (tertiary/aromatic N) is 2. The predicted molar refractivity (Wildman–Crippen MR) is 80.7 cm³/mol. The Kier molecular flexibility index (Phi) is 4.75. The summed E-state index contributed by atoms with van der Waals surface area (Å²) in [6.07, 6.45) is 3.93. The number of rotatable bonds is 5. The van der Waals surface area contributed by atoms with Crippen LogP contribution >= 0.6 is 0 Å². The maximum atomic E-state index is 11.9. The van der Waals surface area contributed by atoms with Gasteiger partial charge >= 0.3 is 0 Å². The summed E-state index contributed by atoms with van der Waals surface area (Å²) in [6.45, 7) is 13.7. The van der Waals surface area contributed by atoms with Gasteiger partial charge in [-0.05, 0) is 47.0 Å². The van der Waals surface area contributed by atoms with E-state index in [1.165, 1.54) is 0 Å². The lowest BCUT2D eigenvalue weighted by Crippen LogP contribution is -2.52. The van der Waals surface area contributed by atoms with E-state index in [-0.39, 0.29) is 11.1 Å². The molecule has 2 fully saturated rings. The lowest BCUT2D eigenvalue weighted by molar-refractivity contribution is -0.132. The Morgan fingerprint density at radius 3 is 2.15 bits per heavy atom. The first-order chi connectivity index (χ1) is 9.33. The molecule has 0 spiro atoms. The van der Waals surface area contributed by atoms with E-state index in [0.29, 0.717) is 5.91 Å². The number of likely N-dealkylation sites (tertiary alicyclic amines) is 1. The van der Waals surface area contributed by atoms with Crippen molar-refractivity contribution >= 4 is 5.91 Å². The van der Waals surface area contributed by atoms with E-state index < -0.39 is 0 Å². The van der Waals surface area contributed by atoms with Crippen molar-refractivity contribution in [1.82, 2.24) is 9.80 Å². The smallest absolute Gasteiger partial charge is 0.223 e. The number of morpholine rings is 1. The predicted octanol–water partition coefficient (Wildman–Crippen LogP) is 2.28. The van der Waals surface area contributed by atoms with E-state index in [4.69, 9.17) is 4.74 Å². The minimum absolute atomic E-state index is 0.0167. The van der Waals surface area contributed by atoms with Crippen LogP contribution in [0.4, 0.5) is 0 Å². The van der Waals surface area contributed by atoms with E-state index >= 15 is 0 Å². The van der Waals surface area contributed by atoms with Gasteiger partial charge in [0, 0.05) is 37.1 Å². The summed E-state index contributed by atoms with van der Waals surface area (Å²) in [5.41, 5.74) is 0.168. The molecule has 2 rings (SSSR count). The van der Waals surface area contributed by atoms with Gasteiger partial charge in [0.2, 0.25) is 5.91 Å². The molecule has 116 valence electrons. The summed E-state index contributed by atoms with van der Waals surface area (Å²) in [6, 6.07) is 0. The fourth-order valence-electron chi connectivity index (χ4n) is 3.36. The van der Waals surface area contributed by atoms with Crippen LogP contribution in [0.25, 0.3) is 0 Å². The Hall–Kier alpha value is -0.610. The molecule has 0 aliphatic carbocycles. The number of carbonyl (C=O) groups excluding carboxylic acids is 1. The highest BCUT2D eigenvalue weighted by Crippen LogP contribution is 2.31. The molecule has 0 aromatic carbocycles. The molecule has 4 heteroatoms. The molecule has 4 nitrogen and oxygen atoms in total. The van der Waals surface area contributed by atoms with Gasteiger partial charge in [0.05, 0.1) is 13.2 Å². The second-order valence-electron chi connectivity index (χ2n) is 7.37. The third-order valence-electron chi connectivity index (χ3n) is 5.02. The van der Waals surface area contributed by atoms with E-state index in [9.17, 15) is 4.79 Å². The van der Waals surface area contributed by atoms with Crippen molar-refractivity contribution in [3.63, 3.8) is 0 Å².